The molecule has 5 rings (SSSR count). The zero-order valence-electron chi connectivity index (χ0n) is 19.3. The highest BCUT2D eigenvalue weighted by Gasteiger charge is 2.26. The third-order valence-electron chi connectivity index (χ3n) is 5.35. The van der Waals surface area contributed by atoms with Crippen LogP contribution < -0.4 is 9.47 Å². The summed E-state index contributed by atoms with van der Waals surface area (Å²) in [5.41, 5.74) is 1.96. The molecule has 184 valence electrons. The Morgan fingerprint density at radius 1 is 0.865 bits per heavy atom. The number of hydrogen-bond acceptors (Lipinski definition) is 8. The molecular weight excluding hydrogens is 479 g/mol. The predicted molar refractivity (Wildman–Crippen MR) is 131 cm³/mol. The van der Waals surface area contributed by atoms with Gasteiger partial charge in [-0.05, 0) is 23.3 Å². The molecule has 0 N–H and O–H groups in total. The van der Waals surface area contributed by atoms with E-state index in [9.17, 15) is 14.5 Å². The van der Waals surface area contributed by atoms with Crippen LogP contribution in [-0.2, 0) is 13.2 Å². The van der Waals surface area contributed by atoms with Gasteiger partial charge in [0, 0.05) is 23.9 Å². The molecule has 5 aromatic rings. The van der Waals surface area contributed by atoms with Crippen molar-refractivity contribution < 1.29 is 23.3 Å². The molecule has 0 saturated heterocycles. The van der Waals surface area contributed by atoms with Crippen LogP contribution in [0.1, 0.15) is 11.1 Å². The van der Waals surface area contributed by atoms with E-state index in [2.05, 4.69) is 15.1 Å². The molecule has 0 bridgehead atoms. The van der Waals surface area contributed by atoms with Gasteiger partial charge in [0.2, 0.25) is 17.5 Å². The van der Waals surface area contributed by atoms with Gasteiger partial charge in [0.15, 0.2) is 5.75 Å². The molecule has 0 atom stereocenters. The summed E-state index contributed by atoms with van der Waals surface area (Å²) >= 11 is 0. The van der Waals surface area contributed by atoms with E-state index in [1.54, 1.807) is 6.07 Å². The number of halogens is 1. The summed E-state index contributed by atoms with van der Waals surface area (Å²) < 4.78 is 30.8. The Balaban J connectivity index is 1.53. The van der Waals surface area contributed by atoms with Crippen molar-refractivity contribution in [2.45, 2.75) is 13.2 Å². The van der Waals surface area contributed by atoms with E-state index in [1.807, 2.05) is 60.7 Å². The first-order valence-corrected chi connectivity index (χ1v) is 11.2. The minimum Gasteiger partial charge on any atom is -0.485 e. The van der Waals surface area contributed by atoms with E-state index in [0.29, 0.717) is 5.56 Å². The highest BCUT2D eigenvalue weighted by Crippen LogP contribution is 2.42. The minimum atomic E-state index is -0.698. The zero-order valence-corrected chi connectivity index (χ0v) is 19.3. The zero-order chi connectivity index (χ0) is 25.6. The lowest BCUT2D eigenvalue weighted by Crippen LogP contribution is -2.04. The SMILES string of the molecule is O=[N+]([O-])c1cc(-c2nc(-c3ccnc(F)c3)no2)cc(OCc2ccccc2)c1OCc1ccccc1. The minimum absolute atomic E-state index is 0.00510. The molecule has 0 saturated carbocycles. The van der Waals surface area contributed by atoms with Gasteiger partial charge in [-0.2, -0.15) is 9.37 Å². The number of rotatable bonds is 9. The van der Waals surface area contributed by atoms with E-state index in [-0.39, 0.29) is 47.7 Å². The molecular formula is C27H19FN4O5. The molecule has 0 unspecified atom stereocenters. The van der Waals surface area contributed by atoms with E-state index >= 15 is 0 Å². The topological polar surface area (TPSA) is 113 Å². The number of hydrogen-bond donors (Lipinski definition) is 0. The van der Waals surface area contributed by atoms with Crippen LogP contribution in [0, 0.1) is 16.1 Å². The molecule has 0 fully saturated rings. The molecule has 0 aliphatic carbocycles. The van der Waals surface area contributed by atoms with Gasteiger partial charge in [0.25, 0.3) is 5.89 Å². The van der Waals surface area contributed by atoms with Crippen molar-refractivity contribution in [3.63, 3.8) is 0 Å². The molecule has 0 aliphatic heterocycles. The molecule has 2 heterocycles. The summed E-state index contributed by atoms with van der Waals surface area (Å²) in [7, 11) is 0. The van der Waals surface area contributed by atoms with Gasteiger partial charge < -0.3 is 14.0 Å². The van der Waals surface area contributed by atoms with Gasteiger partial charge in [0.05, 0.1) is 10.5 Å². The molecule has 10 heteroatoms. The lowest BCUT2D eigenvalue weighted by Gasteiger charge is -2.14. The average Bonchev–Trinajstić information content (AvgIpc) is 3.42. The van der Waals surface area contributed by atoms with Gasteiger partial charge in [-0.1, -0.05) is 65.8 Å². The Morgan fingerprint density at radius 2 is 1.54 bits per heavy atom. The number of ether oxygens (including phenoxy) is 2. The maximum absolute atomic E-state index is 13.5. The number of nitrogens with zero attached hydrogens (tertiary/aromatic N) is 4. The normalized spacial score (nSPS) is 10.7. The Morgan fingerprint density at radius 3 is 2.19 bits per heavy atom. The lowest BCUT2D eigenvalue weighted by molar-refractivity contribution is -0.386. The fourth-order valence-electron chi connectivity index (χ4n) is 3.56. The number of nitro benzene ring substituents is 1. The monoisotopic (exact) mass is 498 g/mol. The number of pyridine rings is 1. The van der Waals surface area contributed by atoms with Gasteiger partial charge in [-0.25, -0.2) is 4.98 Å². The van der Waals surface area contributed by atoms with Gasteiger partial charge >= 0.3 is 5.69 Å². The first-order valence-electron chi connectivity index (χ1n) is 11.2. The second-order valence-corrected chi connectivity index (χ2v) is 7.92. The molecule has 0 aliphatic rings. The first-order chi connectivity index (χ1) is 18.1. The Kier molecular flexibility index (Phi) is 6.80. The van der Waals surface area contributed by atoms with Crippen molar-refractivity contribution in [2.75, 3.05) is 0 Å². The maximum atomic E-state index is 13.5. The number of aromatic nitrogens is 3. The van der Waals surface area contributed by atoms with E-state index < -0.39 is 10.9 Å². The highest BCUT2D eigenvalue weighted by atomic mass is 19.1. The van der Waals surface area contributed by atoms with Crippen molar-refractivity contribution in [3.05, 3.63) is 118 Å². The molecule has 3 aromatic carbocycles. The molecule has 0 amide bonds. The Bertz CT molecular complexity index is 1530. The second-order valence-electron chi connectivity index (χ2n) is 7.92. The quantitative estimate of drug-likeness (QED) is 0.138. The summed E-state index contributed by atoms with van der Waals surface area (Å²) in [6.07, 6.45) is 1.28. The summed E-state index contributed by atoms with van der Waals surface area (Å²) in [5, 5.41) is 15.9. The van der Waals surface area contributed by atoms with Crippen molar-refractivity contribution in [1.82, 2.24) is 15.1 Å². The van der Waals surface area contributed by atoms with E-state index in [0.717, 1.165) is 17.2 Å². The predicted octanol–water partition coefficient (Wildman–Crippen LogP) is 6.00. The molecule has 0 radical (unpaired) electrons. The van der Waals surface area contributed by atoms with Crippen LogP contribution >= 0.6 is 0 Å². The van der Waals surface area contributed by atoms with E-state index in [1.165, 1.54) is 18.3 Å². The number of benzene rings is 3. The van der Waals surface area contributed by atoms with Crippen molar-refractivity contribution in [3.8, 4) is 34.3 Å². The van der Waals surface area contributed by atoms with Crippen LogP contribution in [0.5, 0.6) is 11.5 Å². The molecule has 9 nitrogen and oxygen atoms in total. The van der Waals surface area contributed by atoms with E-state index in [4.69, 9.17) is 14.0 Å². The van der Waals surface area contributed by atoms with Crippen LogP contribution in [0.4, 0.5) is 10.1 Å². The maximum Gasteiger partial charge on any atom is 0.315 e. The van der Waals surface area contributed by atoms with Crippen molar-refractivity contribution in [2.24, 2.45) is 0 Å². The highest BCUT2D eigenvalue weighted by molar-refractivity contribution is 5.69. The lowest BCUT2D eigenvalue weighted by atomic mass is 10.1. The van der Waals surface area contributed by atoms with Crippen molar-refractivity contribution >= 4 is 5.69 Å². The van der Waals surface area contributed by atoms with Gasteiger partial charge in [-0.3, -0.25) is 10.1 Å². The van der Waals surface area contributed by atoms with Crippen molar-refractivity contribution in [1.29, 1.82) is 0 Å². The van der Waals surface area contributed by atoms with Crippen LogP contribution in [0.3, 0.4) is 0 Å². The molecule has 0 spiro atoms. The first kappa shape index (κ1) is 23.6. The van der Waals surface area contributed by atoms with Gasteiger partial charge in [0.1, 0.15) is 13.2 Å². The Labute approximate surface area is 210 Å². The third kappa shape index (κ3) is 5.59. The summed E-state index contributed by atoms with van der Waals surface area (Å²) in [4.78, 5) is 19.3. The van der Waals surface area contributed by atoms with Gasteiger partial charge in [-0.15, -0.1) is 0 Å². The van der Waals surface area contributed by atoms with Crippen LogP contribution in [0.2, 0.25) is 0 Å². The average molecular weight is 498 g/mol. The summed E-state index contributed by atoms with van der Waals surface area (Å²) in [5.74, 6) is -0.483. The molecule has 37 heavy (non-hydrogen) atoms. The van der Waals surface area contributed by atoms with Crippen LogP contribution in [0.25, 0.3) is 22.8 Å². The fraction of sp³-hybridized carbons (Fsp3) is 0.0741. The standard InChI is InChI=1S/C27H19FN4O5/c28-24-15-20(11-12-29-24)26-30-27(37-31-26)21-13-22(32(33)34)25(36-17-19-9-5-2-6-10-19)23(14-21)35-16-18-7-3-1-4-8-18/h1-15H,16-17H2. The summed E-state index contributed by atoms with van der Waals surface area (Å²) in [6.45, 7) is 0.246. The van der Waals surface area contributed by atoms with Crippen LogP contribution in [0.15, 0.2) is 95.6 Å². The Hall–Kier alpha value is -5.12. The summed E-state index contributed by atoms with van der Waals surface area (Å²) in [6, 6.07) is 24.1. The molecule has 2 aromatic heterocycles. The smallest absolute Gasteiger partial charge is 0.315 e. The fourth-order valence-corrected chi connectivity index (χ4v) is 3.56. The number of nitro groups is 1. The largest absolute Gasteiger partial charge is 0.485 e. The van der Waals surface area contributed by atoms with Crippen LogP contribution in [-0.4, -0.2) is 20.0 Å². The second kappa shape index (κ2) is 10.6. The third-order valence-corrected chi connectivity index (χ3v) is 5.35.